The van der Waals surface area contributed by atoms with Crippen molar-refractivity contribution in [3.8, 4) is 0 Å². The molecule has 7 heteroatoms. The average Bonchev–Trinajstić information content (AvgIpc) is 2.24. The van der Waals surface area contributed by atoms with Gasteiger partial charge < -0.3 is 19.7 Å². The quantitative estimate of drug-likeness (QED) is 0.299. The summed E-state index contributed by atoms with van der Waals surface area (Å²) >= 11 is 0. The molecular formula is C8H15N3O4. The number of azide groups is 1. The molecule has 7 nitrogen and oxygen atoms in total. The van der Waals surface area contributed by atoms with Crippen LogP contribution in [0.15, 0.2) is 5.11 Å². The van der Waals surface area contributed by atoms with Crippen molar-refractivity contribution in [2.75, 3.05) is 19.8 Å². The molecule has 15 heavy (non-hydrogen) atoms. The molecular weight excluding hydrogens is 202 g/mol. The van der Waals surface area contributed by atoms with Crippen LogP contribution in [-0.4, -0.2) is 48.5 Å². The van der Waals surface area contributed by atoms with Gasteiger partial charge in [0.15, 0.2) is 6.29 Å². The summed E-state index contributed by atoms with van der Waals surface area (Å²) in [4.78, 5) is 2.56. The second kappa shape index (κ2) is 5.89. The summed E-state index contributed by atoms with van der Waals surface area (Å²) in [5.41, 5.74) is 8.01. The van der Waals surface area contributed by atoms with Crippen molar-refractivity contribution in [3.63, 3.8) is 0 Å². The molecule has 0 spiro atoms. The molecule has 1 rings (SSSR count). The zero-order valence-corrected chi connectivity index (χ0v) is 8.48. The van der Waals surface area contributed by atoms with E-state index < -0.39 is 18.5 Å². The standard InChI is InChI=1S/C8H15N3O4/c1-5-4-15-8(7(13)6(5)12)14-3-2-10-11-9/h5-8,12-13H,2-4H2,1H3/t5-,6+,7?,8-/m1/s1. The van der Waals surface area contributed by atoms with Gasteiger partial charge >= 0.3 is 0 Å². The first-order valence-corrected chi connectivity index (χ1v) is 4.77. The Balaban J connectivity index is 2.32. The Hall–Kier alpha value is -0.850. The predicted octanol–water partition coefficient (Wildman–Crippen LogP) is 0.0275. The van der Waals surface area contributed by atoms with E-state index in [4.69, 9.17) is 15.0 Å². The highest BCUT2D eigenvalue weighted by Crippen LogP contribution is 2.20. The van der Waals surface area contributed by atoms with Crippen molar-refractivity contribution in [2.24, 2.45) is 11.0 Å². The third-order valence-electron chi connectivity index (χ3n) is 2.27. The summed E-state index contributed by atoms with van der Waals surface area (Å²) in [5, 5.41) is 22.4. The number of ether oxygens (including phenoxy) is 2. The first kappa shape index (κ1) is 12.2. The van der Waals surface area contributed by atoms with Crippen LogP contribution in [0.2, 0.25) is 0 Å². The van der Waals surface area contributed by atoms with Gasteiger partial charge in [-0.05, 0) is 5.53 Å². The second-order valence-corrected chi connectivity index (χ2v) is 3.49. The van der Waals surface area contributed by atoms with E-state index in [0.29, 0.717) is 6.61 Å². The first-order valence-electron chi connectivity index (χ1n) is 4.77. The van der Waals surface area contributed by atoms with E-state index in [1.165, 1.54) is 0 Å². The molecule has 2 N–H and O–H groups in total. The number of aliphatic hydroxyl groups is 2. The van der Waals surface area contributed by atoms with E-state index in [1.807, 2.05) is 0 Å². The minimum Gasteiger partial charge on any atom is -0.390 e. The molecule has 0 radical (unpaired) electrons. The van der Waals surface area contributed by atoms with Gasteiger partial charge in [0.25, 0.3) is 0 Å². The minimum absolute atomic E-state index is 0.114. The van der Waals surface area contributed by atoms with E-state index >= 15 is 0 Å². The zero-order chi connectivity index (χ0) is 11.3. The fourth-order valence-electron chi connectivity index (χ4n) is 1.34. The van der Waals surface area contributed by atoms with Gasteiger partial charge in [-0.25, -0.2) is 0 Å². The van der Waals surface area contributed by atoms with Gasteiger partial charge in [0.05, 0.1) is 19.3 Å². The van der Waals surface area contributed by atoms with Gasteiger partial charge in [-0.3, -0.25) is 0 Å². The molecule has 0 saturated carbocycles. The Morgan fingerprint density at radius 3 is 2.93 bits per heavy atom. The Kier molecular flexibility index (Phi) is 4.80. The van der Waals surface area contributed by atoms with Gasteiger partial charge in [0.1, 0.15) is 6.10 Å². The van der Waals surface area contributed by atoms with Gasteiger partial charge in [0, 0.05) is 17.4 Å². The number of rotatable bonds is 4. The fourth-order valence-corrected chi connectivity index (χ4v) is 1.34. The largest absolute Gasteiger partial charge is 0.390 e. The van der Waals surface area contributed by atoms with Crippen LogP contribution in [0, 0.1) is 5.92 Å². The fraction of sp³-hybridized carbons (Fsp3) is 1.00. The molecule has 86 valence electrons. The molecule has 4 atom stereocenters. The predicted molar refractivity (Wildman–Crippen MR) is 50.9 cm³/mol. The van der Waals surface area contributed by atoms with Crippen LogP contribution in [0.1, 0.15) is 6.92 Å². The molecule has 0 aliphatic carbocycles. The van der Waals surface area contributed by atoms with E-state index in [9.17, 15) is 10.2 Å². The van der Waals surface area contributed by atoms with Crippen molar-refractivity contribution < 1.29 is 19.7 Å². The summed E-state index contributed by atoms with van der Waals surface area (Å²) in [7, 11) is 0. The monoisotopic (exact) mass is 217 g/mol. The summed E-state index contributed by atoms with van der Waals surface area (Å²) in [6, 6.07) is 0. The maximum Gasteiger partial charge on any atom is 0.185 e. The normalized spacial score (nSPS) is 35.9. The number of aliphatic hydroxyl groups excluding tert-OH is 2. The molecule has 1 aliphatic heterocycles. The summed E-state index contributed by atoms with van der Waals surface area (Å²) in [6.45, 7) is 2.45. The van der Waals surface area contributed by atoms with Gasteiger partial charge in [-0.2, -0.15) is 0 Å². The van der Waals surface area contributed by atoms with Crippen molar-refractivity contribution in [2.45, 2.75) is 25.4 Å². The Morgan fingerprint density at radius 1 is 1.53 bits per heavy atom. The highest BCUT2D eigenvalue weighted by atomic mass is 16.7. The molecule has 0 aromatic rings. The smallest absolute Gasteiger partial charge is 0.185 e. The lowest BCUT2D eigenvalue weighted by molar-refractivity contribution is -0.256. The maximum atomic E-state index is 9.56. The zero-order valence-electron chi connectivity index (χ0n) is 8.48. The van der Waals surface area contributed by atoms with Crippen molar-refractivity contribution in [3.05, 3.63) is 10.4 Å². The lowest BCUT2D eigenvalue weighted by atomic mass is 9.98. The number of hydrogen-bond donors (Lipinski definition) is 2. The van der Waals surface area contributed by atoms with E-state index in [1.54, 1.807) is 6.92 Å². The van der Waals surface area contributed by atoms with Crippen LogP contribution in [0.25, 0.3) is 10.4 Å². The summed E-state index contributed by atoms with van der Waals surface area (Å²) in [5.74, 6) is -0.114. The van der Waals surface area contributed by atoms with Crippen LogP contribution in [0.5, 0.6) is 0 Å². The molecule has 1 aliphatic rings. The Morgan fingerprint density at radius 2 is 2.27 bits per heavy atom. The topological polar surface area (TPSA) is 108 Å². The van der Waals surface area contributed by atoms with Crippen LogP contribution in [0.3, 0.4) is 0 Å². The number of nitrogens with zero attached hydrogens (tertiary/aromatic N) is 3. The van der Waals surface area contributed by atoms with E-state index in [2.05, 4.69) is 10.0 Å². The third-order valence-corrected chi connectivity index (χ3v) is 2.27. The average molecular weight is 217 g/mol. The molecule has 0 bridgehead atoms. The Labute approximate surface area is 87.2 Å². The van der Waals surface area contributed by atoms with Crippen molar-refractivity contribution in [1.29, 1.82) is 0 Å². The van der Waals surface area contributed by atoms with Gasteiger partial charge in [-0.15, -0.1) is 0 Å². The first-order chi connectivity index (χ1) is 7.16. The lowest BCUT2D eigenvalue weighted by Crippen LogP contribution is -2.50. The molecule has 1 heterocycles. The SMILES string of the molecule is C[C@@H]1CO[C@@H](OCCN=[N+]=[N-])C(O)[C@H]1O. The van der Waals surface area contributed by atoms with Crippen LogP contribution >= 0.6 is 0 Å². The maximum absolute atomic E-state index is 9.56. The van der Waals surface area contributed by atoms with Crippen LogP contribution in [0.4, 0.5) is 0 Å². The third kappa shape index (κ3) is 3.33. The summed E-state index contributed by atoms with van der Waals surface area (Å²) < 4.78 is 10.3. The highest BCUT2D eigenvalue weighted by molar-refractivity contribution is 4.80. The van der Waals surface area contributed by atoms with Gasteiger partial charge in [0.2, 0.25) is 0 Å². The van der Waals surface area contributed by atoms with E-state index in [-0.39, 0.29) is 19.1 Å². The van der Waals surface area contributed by atoms with E-state index in [0.717, 1.165) is 0 Å². The number of hydrogen-bond acceptors (Lipinski definition) is 5. The molecule has 1 saturated heterocycles. The molecule has 0 amide bonds. The van der Waals surface area contributed by atoms with Crippen LogP contribution in [-0.2, 0) is 9.47 Å². The Bertz CT molecular complexity index is 244. The van der Waals surface area contributed by atoms with Crippen molar-refractivity contribution >= 4 is 0 Å². The summed E-state index contributed by atoms with van der Waals surface area (Å²) in [6.07, 6.45) is -2.74. The van der Waals surface area contributed by atoms with Crippen molar-refractivity contribution in [1.82, 2.24) is 0 Å². The molecule has 0 aromatic heterocycles. The second-order valence-electron chi connectivity index (χ2n) is 3.49. The van der Waals surface area contributed by atoms with Gasteiger partial charge in [-0.1, -0.05) is 12.0 Å². The molecule has 0 aromatic carbocycles. The molecule has 1 fully saturated rings. The minimum atomic E-state index is -1.06. The molecule has 1 unspecified atom stereocenters. The highest BCUT2D eigenvalue weighted by Gasteiger charge is 2.36. The lowest BCUT2D eigenvalue weighted by Gasteiger charge is -2.35. The van der Waals surface area contributed by atoms with Crippen LogP contribution < -0.4 is 0 Å².